The number of amides is 2. The Morgan fingerprint density at radius 2 is 2.17 bits per heavy atom. The fourth-order valence-electron chi connectivity index (χ4n) is 0.555. The molecule has 68 valence electrons. The lowest BCUT2D eigenvalue weighted by Crippen LogP contribution is -2.38. The van der Waals surface area contributed by atoms with Gasteiger partial charge in [0.15, 0.2) is 0 Å². The van der Waals surface area contributed by atoms with Gasteiger partial charge in [-0.2, -0.15) is 0 Å². The first-order valence-corrected chi connectivity index (χ1v) is 3.20. The molecule has 0 aromatic carbocycles. The third-order valence-corrected chi connectivity index (χ3v) is 1.13. The summed E-state index contributed by atoms with van der Waals surface area (Å²) in [6.45, 7) is -0.535. The molecule has 0 rings (SSSR count). The third-order valence-electron chi connectivity index (χ3n) is 1.13. The van der Waals surface area contributed by atoms with Gasteiger partial charge < -0.3 is 15.3 Å². The van der Waals surface area contributed by atoms with E-state index >= 15 is 0 Å². The lowest BCUT2D eigenvalue weighted by Gasteiger charge is -2.13. The molecule has 12 heavy (non-hydrogen) atoms. The van der Waals surface area contributed by atoms with Gasteiger partial charge in [0.1, 0.15) is 6.54 Å². The number of rotatable bonds is 5. The molecule has 0 aliphatic carbocycles. The predicted molar refractivity (Wildman–Crippen MR) is 39.3 cm³/mol. The second-order valence-corrected chi connectivity index (χ2v) is 2.14. The average molecular weight is 174 g/mol. The van der Waals surface area contributed by atoms with Crippen LogP contribution in [0.15, 0.2) is 0 Å². The van der Waals surface area contributed by atoms with Crippen molar-refractivity contribution in [3.05, 3.63) is 0 Å². The number of aliphatic carboxylic acids is 1. The number of nitrogens with zero attached hydrogens (tertiary/aromatic N) is 1. The molecular formula is C6H10N2O4. The maximum absolute atomic E-state index is 10.9. The maximum Gasteiger partial charge on any atom is 0.323 e. The van der Waals surface area contributed by atoms with Crippen LogP contribution in [-0.4, -0.2) is 48.4 Å². The molecule has 2 N–H and O–H groups in total. The summed E-state index contributed by atoms with van der Waals surface area (Å²) in [6.07, 6.45) is 0.381. The molecule has 0 spiro atoms. The van der Waals surface area contributed by atoms with Crippen molar-refractivity contribution >= 4 is 18.3 Å². The fraction of sp³-hybridized carbons (Fsp3) is 0.500. The quantitative estimate of drug-likeness (QED) is 0.485. The summed E-state index contributed by atoms with van der Waals surface area (Å²) in [4.78, 5) is 31.8. The van der Waals surface area contributed by atoms with E-state index in [0.29, 0.717) is 6.41 Å². The van der Waals surface area contributed by atoms with Gasteiger partial charge in [0.05, 0.1) is 6.54 Å². The summed E-state index contributed by atoms with van der Waals surface area (Å²) >= 11 is 0. The van der Waals surface area contributed by atoms with Gasteiger partial charge in [0, 0.05) is 7.05 Å². The van der Waals surface area contributed by atoms with E-state index < -0.39 is 11.9 Å². The summed E-state index contributed by atoms with van der Waals surface area (Å²) in [7, 11) is 1.35. The molecule has 6 heteroatoms. The standard InChI is InChI=1S/C6H10N2O4/c1-8(3-6(11)12)5(10)2-7-4-9/h4H,2-3H2,1H3,(H,7,9)(H,11,12). The molecule has 0 heterocycles. The van der Waals surface area contributed by atoms with E-state index in [2.05, 4.69) is 5.32 Å². The zero-order chi connectivity index (χ0) is 9.56. The summed E-state index contributed by atoms with van der Waals surface area (Å²) in [5.41, 5.74) is 0. The van der Waals surface area contributed by atoms with Crippen LogP contribution in [0.25, 0.3) is 0 Å². The Balaban J connectivity index is 3.76. The average Bonchev–Trinajstić information content (AvgIpc) is 1.98. The number of carboxylic acid groups (broad SMARTS) is 1. The fourth-order valence-corrected chi connectivity index (χ4v) is 0.555. The van der Waals surface area contributed by atoms with Gasteiger partial charge in [-0.05, 0) is 0 Å². The van der Waals surface area contributed by atoms with Crippen LogP contribution in [-0.2, 0) is 14.4 Å². The van der Waals surface area contributed by atoms with Crippen LogP contribution in [0.2, 0.25) is 0 Å². The molecule has 0 unspecified atom stereocenters. The van der Waals surface area contributed by atoms with Crippen molar-refractivity contribution in [3.8, 4) is 0 Å². The summed E-state index contributed by atoms with van der Waals surface area (Å²) in [5, 5.41) is 10.4. The predicted octanol–water partition coefficient (Wildman–Crippen LogP) is -1.72. The molecule has 0 aliphatic heterocycles. The highest BCUT2D eigenvalue weighted by molar-refractivity contribution is 5.83. The Hall–Kier alpha value is -1.59. The van der Waals surface area contributed by atoms with Gasteiger partial charge in [-0.25, -0.2) is 0 Å². The molecule has 0 radical (unpaired) electrons. The van der Waals surface area contributed by atoms with Gasteiger partial charge in [0.25, 0.3) is 0 Å². The van der Waals surface area contributed by atoms with Crippen molar-refractivity contribution in [2.75, 3.05) is 20.1 Å². The number of hydrogen-bond acceptors (Lipinski definition) is 3. The van der Waals surface area contributed by atoms with E-state index in [-0.39, 0.29) is 13.1 Å². The number of likely N-dealkylation sites (N-methyl/N-ethyl adjacent to an activating group) is 1. The van der Waals surface area contributed by atoms with Crippen molar-refractivity contribution < 1.29 is 19.5 Å². The first kappa shape index (κ1) is 10.4. The molecular weight excluding hydrogens is 164 g/mol. The van der Waals surface area contributed by atoms with Gasteiger partial charge in [-0.3, -0.25) is 14.4 Å². The molecule has 2 amide bonds. The minimum atomic E-state index is -1.09. The van der Waals surface area contributed by atoms with Gasteiger partial charge in [-0.1, -0.05) is 0 Å². The Kier molecular flexibility index (Phi) is 4.43. The van der Waals surface area contributed by atoms with Gasteiger partial charge in [-0.15, -0.1) is 0 Å². The second-order valence-electron chi connectivity index (χ2n) is 2.14. The number of carbonyl (C=O) groups is 3. The number of carbonyl (C=O) groups excluding carboxylic acids is 2. The van der Waals surface area contributed by atoms with E-state index in [0.717, 1.165) is 4.90 Å². The Labute approximate surface area is 69.2 Å². The lowest BCUT2D eigenvalue weighted by atomic mass is 10.5. The number of nitrogens with one attached hydrogen (secondary N) is 1. The van der Waals surface area contributed by atoms with Crippen LogP contribution in [0.1, 0.15) is 0 Å². The van der Waals surface area contributed by atoms with Crippen LogP contribution in [0.3, 0.4) is 0 Å². The first-order chi connectivity index (χ1) is 5.57. The maximum atomic E-state index is 10.9. The Morgan fingerprint density at radius 1 is 1.58 bits per heavy atom. The zero-order valence-corrected chi connectivity index (χ0v) is 6.61. The number of carboxylic acids is 1. The van der Waals surface area contributed by atoms with E-state index in [1.807, 2.05) is 0 Å². The van der Waals surface area contributed by atoms with Crippen LogP contribution in [0, 0.1) is 0 Å². The highest BCUT2D eigenvalue weighted by atomic mass is 16.4. The van der Waals surface area contributed by atoms with Crippen LogP contribution in [0.4, 0.5) is 0 Å². The molecule has 0 bridgehead atoms. The Bertz CT molecular complexity index is 192. The second kappa shape index (κ2) is 5.11. The molecule has 0 saturated carbocycles. The van der Waals surface area contributed by atoms with Crippen molar-refractivity contribution in [3.63, 3.8) is 0 Å². The lowest BCUT2D eigenvalue weighted by molar-refractivity contribution is -0.143. The normalized spacial score (nSPS) is 8.75. The topological polar surface area (TPSA) is 86.7 Å². The van der Waals surface area contributed by atoms with Crippen LogP contribution < -0.4 is 5.32 Å². The van der Waals surface area contributed by atoms with Crippen molar-refractivity contribution in [1.29, 1.82) is 0 Å². The number of hydrogen-bond donors (Lipinski definition) is 2. The van der Waals surface area contributed by atoms with Crippen molar-refractivity contribution in [2.45, 2.75) is 0 Å². The Morgan fingerprint density at radius 3 is 2.58 bits per heavy atom. The monoisotopic (exact) mass is 174 g/mol. The summed E-state index contributed by atoms with van der Waals surface area (Å²) < 4.78 is 0. The smallest absolute Gasteiger partial charge is 0.323 e. The van der Waals surface area contributed by atoms with Crippen LogP contribution in [0.5, 0.6) is 0 Å². The van der Waals surface area contributed by atoms with Crippen LogP contribution >= 0.6 is 0 Å². The highest BCUT2D eigenvalue weighted by Gasteiger charge is 2.10. The molecule has 0 aliphatic rings. The summed E-state index contributed by atoms with van der Waals surface area (Å²) in [6, 6.07) is 0. The molecule has 0 aromatic rings. The van der Waals surface area contributed by atoms with E-state index in [9.17, 15) is 14.4 Å². The van der Waals surface area contributed by atoms with Gasteiger partial charge >= 0.3 is 5.97 Å². The molecule has 0 saturated heterocycles. The van der Waals surface area contributed by atoms with Crippen molar-refractivity contribution in [2.24, 2.45) is 0 Å². The minimum Gasteiger partial charge on any atom is -0.480 e. The van der Waals surface area contributed by atoms with E-state index in [1.165, 1.54) is 7.05 Å². The minimum absolute atomic E-state index is 0.173. The largest absolute Gasteiger partial charge is 0.480 e. The molecule has 6 nitrogen and oxygen atoms in total. The molecule has 0 fully saturated rings. The molecule has 0 atom stereocenters. The third kappa shape index (κ3) is 4.26. The van der Waals surface area contributed by atoms with Gasteiger partial charge in [0.2, 0.25) is 12.3 Å². The highest BCUT2D eigenvalue weighted by Crippen LogP contribution is 1.82. The van der Waals surface area contributed by atoms with E-state index in [1.54, 1.807) is 0 Å². The first-order valence-electron chi connectivity index (χ1n) is 3.20. The SMILES string of the molecule is CN(CC(=O)O)C(=O)CNC=O. The van der Waals surface area contributed by atoms with Crippen molar-refractivity contribution in [1.82, 2.24) is 10.2 Å². The van der Waals surface area contributed by atoms with E-state index in [4.69, 9.17) is 5.11 Å². The zero-order valence-electron chi connectivity index (χ0n) is 6.61. The summed E-state index contributed by atoms with van der Waals surface area (Å²) in [5.74, 6) is -1.53. The molecule has 0 aromatic heterocycles.